The van der Waals surface area contributed by atoms with E-state index in [-0.39, 0.29) is 5.82 Å². The van der Waals surface area contributed by atoms with Gasteiger partial charge in [0.1, 0.15) is 5.82 Å². The van der Waals surface area contributed by atoms with E-state index in [1.807, 2.05) is 0 Å². The van der Waals surface area contributed by atoms with Gasteiger partial charge in [0, 0.05) is 20.7 Å². The highest BCUT2D eigenvalue weighted by atomic mass is 79.9. The highest BCUT2D eigenvalue weighted by Crippen LogP contribution is 2.39. The normalized spacial score (nSPS) is 21.4. The number of rotatable bonds is 3. The van der Waals surface area contributed by atoms with E-state index in [4.69, 9.17) is 0 Å². The maximum Gasteiger partial charge on any atom is 0.124 e. The quantitative estimate of drug-likeness (QED) is 0.698. The molecule has 0 saturated heterocycles. The molecule has 1 N–H and O–H groups in total. The van der Waals surface area contributed by atoms with Gasteiger partial charge in [0.15, 0.2) is 0 Å². The molecule has 1 saturated carbocycles. The van der Waals surface area contributed by atoms with Crippen LogP contribution >= 0.6 is 31.9 Å². The predicted octanol–water partition coefficient (Wildman–Crippen LogP) is 5.71. The molecule has 0 aromatic heterocycles. The molecule has 1 nitrogen and oxygen atoms in total. The Morgan fingerprint density at radius 1 is 1.00 bits per heavy atom. The fraction of sp³-hybridized carbons (Fsp3) is 0.250. The highest BCUT2D eigenvalue weighted by Gasteiger charge is 2.30. The van der Waals surface area contributed by atoms with Gasteiger partial charge in [-0.15, -0.1) is 0 Å². The Kier molecular flexibility index (Phi) is 4.13. The molecule has 2 aromatic rings. The summed E-state index contributed by atoms with van der Waals surface area (Å²) in [5.41, 5.74) is 2.36. The van der Waals surface area contributed by atoms with Gasteiger partial charge < -0.3 is 5.32 Å². The fourth-order valence-electron chi connectivity index (χ4n) is 2.57. The first-order chi connectivity index (χ1) is 9.61. The minimum atomic E-state index is -0.219. The van der Waals surface area contributed by atoms with E-state index in [2.05, 4.69) is 61.4 Å². The summed E-state index contributed by atoms with van der Waals surface area (Å²) >= 11 is 6.85. The average molecular weight is 399 g/mol. The van der Waals surface area contributed by atoms with Crippen molar-refractivity contribution in [2.75, 3.05) is 5.32 Å². The molecule has 0 bridgehead atoms. The molecule has 0 spiro atoms. The lowest BCUT2D eigenvalue weighted by atomic mass is 9.76. The predicted molar refractivity (Wildman–Crippen MR) is 87.6 cm³/mol. The van der Waals surface area contributed by atoms with E-state index in [9.17, 15) is 4.39 Å². The number of halogens is 3. The summed E-state index contributed by atoms with van der Waals surface area (Å²) in [4.78, 5) is 0. The van der Waals surface area contributed by atoms with E-state index in [1.54, 1.807) is 6.07 Å². The zero-order chi connectivity index (χ0) is 14.1. The van der Waals surface area contributed by atoms with Crippen LogP contribution in [0.5, 0.6) is 0 Å². The van der Waals surface area contributed by atoms with Crippen LogP contribution in [0, 0.1) is 5.82 Å². The summed E-state index contributed by atoms with van der Waals surface area (Å²) in [7, 11) is 0. The molecule has 0 heterocycles. The van der Waals surface area contributed by atoms with Crippen LogP contribution in [0.3, 0.4) is 0 Å². The summed E-state index contributed by atoms with van der Waals surface area (Å²) < 4.78 is 14.9. The number of anilines is 1. The Balaban J connectivity index is 1.59. The molecule has 20 heavy (non-hydrogen) atoms. The van der Waals surface area contributed by atoms with Gasteiger partial charge in [-0.25, -0.2) is 4.39 Å². The van der Waals surface area contributed by atoms with Crippen molar-refractivity contribution in [2.24, 2.45) is 0 Å². The minimum absolute atomic E-state index is 0.219. The van der Waals surface area contributed by atoms with Crippen LogP contribution in [0.15, 0.2) is 51.4 Å². The van der Waals surface area contributed by atoms with Crippen LogP contribution in [0.2, 0.25) is 0 Å². The number of hydrogen-bond acceptors (Lipinski definition) is 1. The van der Waals surface area contributed by atoms with Crippen LogP contribution in [-0.4, -0.2) is 6.04 Å². The molecule has 1 fully saturated rings. The molecular formula is C16H14Br2FN. The Morgan fingerprint density at radius 2 is 1.70 bits per heavy atom. The number of hydrogen-bond donors (Lipinski definition) is 1. The lowest BCUT2D eigenvalue weighted by Crippen LogP contribution is -2.34. The molecule has 2 aromatic carbocycles. The summed E-state index contributed by atoms with van der Waals surface area (Å²) in [5.74, 6) is 0.406. The van der Waals surface area contributed by atoms with Crippen LogP contribution in [0.4, 0.5) is 10.1 Å². The maximum atomic E-state index is 13.0. The summed E-state index contributed by atoms with van der Waals surface area (Å²) in [6.45, 7) is 0. The Labute approximate surface area is 134 Å². The second-order valence-corrected chi connectivity index (χ2v) is 6.96. The first-order valence-electron chi connectivity index (χ1n) is 6.59. The first-order valence-corrected chi connectivity index (χ1v) is 8.17. The Morgan fingerprint density at radius 3 is 2.35 bits per heavy atom. The molecule has 0 atom stereocenters. The van der Waals surface area contributed by atoms with Crippen LogP contribution in [0.25, 0.3) is 0 Å². The van der Waals surface area contributed by atoms with E-state index in [1.165, 1.54) is 17.7 Å². The van der Waals surface area contributed by atoms with Gasteiger partial charge in [0.05, 0.1) is 0 Å². The molecule has 1 aliphatic carbocycles. The standard InChI is InChI=1S/C16H14Br2FN/c17-12-3-1-10(2-4-12)11-7-14(8-11)20-16-6-5-13(19)9-15(16)18/h1-6,9,11,14,20H,7-8H2. The van der Waals surface area contributed by atoms with Crippen molar-refractivity contribution in [1.29, 1.82) is 0 Å². The van der Waals surface area contributed by atoms with Crippen molar-refractivity contribution in [3.8, 4) is 0 Å². The molecular weight excluding hydrogens is 385 g/mol. The van der Waals surface area contributed by atoms with Crippen LogP contribution < -0.4 is 5.32 Å². The fourth-order valence-corrected chi connectivity index (χ4v) is 3.30. The molecule has 0 amide bonds. The number of nitrogens with one attached hydrogen (secondary N) is 1. The van der Waals surface area contributed by atoms with Gasteiger partial charge in [-0.2, -0.15) is 0 Å². The second kappa shape index (κ2) is 5.86. The van der Waals surface area contributed by atoms with Crippen molar-refractivity contribution < 1.29 is 4.39 Å². The van der Waals surface area contributed by atoms with Crippen molar-refractivity contribution in [2.45, 2.75) is 24.8 Å². The smallest absolute Gasteiger partial charge is 0.124 e. The summed E-state index contributed by atoms with van der Waals surface area (Å²) in [6, 6.07) is 13.8. The van der Waals surface area contributed by atoms with Crippen molar-refractivity contribution in [1.82, 2.24) is 0 Å². The molecule has 4 heteroatoms. The largest absolute Gasteiger partial charge is 0.381 e. The van der Waals surface area contributed by atoms with E-state index in [0.29, 0.717) is 12.0 Å². The van der Waals surface area contributed by atoms with Gasteiger partial charge in [-0.1, -0.05) is 28.1 Å². The van der Waals surface area contributed by atoms with E-state index in [0.717, 1.165) is 27.5 Å². The summed E-state index contributed by atoms with van der Waals surface area (Å²) in [6.07, 6.45) is 2.23. The number of benzene rings is 2. The minimum Gasteiger partial charge on any atom is -0.381 e. The molecule has 0 radical (unpaired) electrons. The first kappa shape index (κ1) is 14.1. The zero-order valence-corrected chi connectivity index (χ0v) is 13.9. The van der Waals surface area contributed by atoms with Gasteiger partial charge >= 0.3 is 0 Å². The van der Waals surface area contributed by atoms with Gasteiger partial charge in [-0.05, 0) is 70.6 Å². The Hall–Kier alpha value is -0.870. The maximum absolute atomic E-state index is 13.0. The van der Waals surface area contributed by atoms with Gasteiger partial charge in [-0.3, -0.25) is 0 Å². The lowest BCUT2D eigenvalue weighted by molar-refractivity contribution is 0.374. The van der Waals surface area contributed by atoms with Crippen molar-refractivity contribution in [3.63, 3.8) is 0 Å². The molecule has 1 aliphatic rings. The molecule has 3 rings (SSSR count). The van der Waals surface area contributed by atoms with Crippen molar-refractivity contribution >= 4 is 37.5 Å². The molecule has 104 valence electrons. The van der Waals surface area contributed by atoms with E-state index >= 15 is 0 Å². The zero-order valence-electron chi connectivity index (χ0n) is 10.7. The average Bonchev–Trinajstić information content (AvgIpc) is 2.37. The SMILES string of the molecule is Fc1ccc(NC2CC(c3ccc(Br)cc3)C2)c(Br)c1. The summed E-state index contributed by atoms with van der Waals surface area (Å²) in [5, 5.41) is 3.46. The van der Waals surface area contributed by atoms with E-state index < -0.39 is 0 Å². The van der Waals surface area contributed by atoms with Crippen molar-refractivity contribution in [3.05, 3.63) is 62.8 Å². The third-order valence-corrected chi connectivity index (χ3v) is 4.95. The highest BCUT2D eigenvalue weighted by molar-refractivity contribution is 9.10. The van der Waals surface area contributed by atoms with Gasteiger partial charge in [0.2, 0.25) is 0 Å². The van der Waals surface area contributed by atoms with Crippen LogP contribution in [0.1, 0.15) is 24.3 Å². The lowest BCUT2D eigenvalue weighted by Gasteiger charge is -2.37. The molecule has 0 unspecified atom stereocenters. The molecule has 0 aliphatic heterocycles. The third-order valence-electron chi connectivity index (χ3n) is 3.77. The Bertz CT molecular complexity index is 606. The second-order valence-electron chi connectivity index (χ2n) is 5.19. The third kappa shape index (κ3) is 3.07. The van der Waals surface area contributed by atoms with Gasteiger partial charge in [0.25, 0.3) is 0 Å². The van der Waals surface area contributed by atoms with Crippen LogP contribution in [-0.2, 0) is 0 Å². The topological polar surface area (TPSA) is 12.0 Å². The monoisotopic (exact) mass is 397 g/mol.